The molecular formula is C12H16N3O8P. The average molecular weight is 361 g/mol. The van der Waals surface area contributed by atoms with E-state index in [0.717, 1.165) is 4.57 Å². The molecule has 1 saturated heterocycles. The highest BCUT2D eigenvalue weighted by molar-refractivity contribution is 7.46. The van der Waals surface area contributed by atoms with E-state index in [1.165, 1.54) is 19.2 Å². The van der Waals surface area contributed by atoms with Crippen LogP contribution >= 0.6 is 7.82 Å². The fourth-order valence-corrected chi connectivity index (χ4v) is 2.81. The van der Waals surface area contributed by atoms with E-state index in [4.69, 9.17) is 25.0 Å². The van der Waals surface area contributed by atoms with Gasteiger partial charge in [0.15, 0.2) is 12.3 Å². The molecule has 132 valence electrons. The number of hydrogen-bond acceptors (Lipinski definition) is 8. The number of aromatic nitrogens is 2. The van der Waals surface area contributed by atoms with Crippen LogP contribution in [0.25, 0.3) is 0 Å². The number of nitrogens with two attached hydrogens (primary N) is 1. The average Bonchev–Trinajstić information content (AvgIpc) is 2.81. The van der Waals surface area contributed by atoms with Gasteiger partial charge in [-0.2, -0.15) is 4.98 Å². The molecule has 0 unspecified atom stereocenters. The zero-order valence-electron chi connectivity index (χ0n) is 12.5. The summed E-state index contributed by atoms with van der Waals surface area (Å²) < 4.78 is 27.5. The van der Waals surface area contributed by atoms with E-state index in [-0.39, 0.29) is 5.82 Å². The van der Waals surface area contributed by atoms with Crippen molar-refractivity contribution in [3.8, 4) is 12.0 Å². The third kappa shape index (κ3) is 4.12. The van der Waals surface area contributed by atoms with Crippen molar-refractivity contribution in [2.45, 2.75) is 31.5 Å². The first kappa shape index (κ1) is 18.4. The van der Waals surface area contributed by atoms with Gasteiger partial charge in [-0.3, -0.25) is 9.09 Å². The quantitative estimate of drug-likeness (QED) is 0.360. The monoisotopic (exact) mass is 361 g/mol. The number of aliphatic hydroxyl groups excluding tert-OH is 1. The number of anilines is 1. The molecule has 2 rings (SSSR count). The summed E-state index contributed by atoms with van der Waals surface area (Å²) in [4.78, 5) is 33.6. The number of phosphoric acid groups is 1. The molecule has 2 heterocycles. The van der Waals surface area contributed by atoms with Crippen LogP contribution in [0.15, 0.2) is 17.1 Å². The normalized spacial score (nSPS) is 26.7. The summed E-state index contributed by atoms with van der Waals surface area (Å²) in [6, 6.07) is 1.33. The molecule has 0 spiro atoms. The van der Waals surface area contributed by atoms with Gasteiger partial charge < -0.3 is 30.1 Å². The van der Waals surface area contributed by atoms with Gasteiger partial charge in [0.25, 0.3) is 0 Å². The molecule has 11 nitrogen and oxygen atoms in total. The second-order valence-corrected chi connectivity index (χ2v) is 5.98. The van der Waals surface area contributed by atoms with Crippen LogP contribution in [0.3, 0.4) is 0 Å². The Bertz CT molecular complexity index is 751. The molecule has 0 saturated carbocycles. The topological polar surface area (TPSA) is 166 Å². The highest BCUT2D eigenvalue weighted by atomic mass is 31.2. The fourth-order valence-electron chi connectivity index (χ4n) is 2.24. The van der Waals surface area contributed by atoms with E-state index >= 15 is 0 Å². The van der Waals surface area contributed by atoms with Crippen LogP contribution in [-0.2, 0) is 18.6 Å². The first-order valence-electron chi connectivity index (χ1n) is 6.69. The zero-order chi connectivity index (χ0) is 17.9. The van der Waals surface area contributed by atoms with Gasteiger partial charge in [-0.05, 0) is 6.07 Å². The number of hydrogen-bond donors (Lipinski definition) is 4. The van der Waals surface area contributed by atoms with Crippen LogP contribution in [0.4, 0.5) is 5.82 Å². The number of nitrogen functional groups attached to an aromatic ring is 1. The lowest BCUT2D eigenvalue weighted by Gasteiger charge is -2.22. The lowest BCUT2D eigenvalue weighted by atomic mass is 10.1. The van der Waals surface area contributed by atoms with E-state index in [0.29, 0.717) is 0 Å². The molecule has 1 aromatic heterocycles. The molecule has 0 radical (unpaired) electrons. The Morgan fingerprint density at radius 2 is 2.21 bits per heavy atom. The molecule has 0 amide bonds. The molecule has 1 aromatic rings. The SMILES string of the molecule is CC#CO[C@@H]1[C@H](OP(=O)(O)O)[C@@H](CO)O[C@H]1n1ccc(N)nc1=O. The number of phosphoric ester groups is 1. The van der Waals surface area contributed by atoms with Crippen molar-refractivity contribution in [1.82, 2.24) is 9.55 Å². The van der Waals surface area contributed by atoms with E-state index < -0.39 is 44.7 Å². The minimum Gasteiger partial charge on any atom is -0.436 e. The molecule has 1 fully saturated rings. The molecule has 1 aliphatic rings. The Labute approximate surface area is 136 Å². The Kier molecular flexibility index (Phi) is 5.61. The summed E-state index contributed by atoms with van der Waals surface area (Å²) in [5, 5.41) is 9.38. The Morgan fingerprint density at radius 3 is 2.75 bits per heavy atom. The molecule has 5 N–H and O–H groups in total. The van der Waals surface area contributed by atoms with Crippen LogP contribution in [0.2, 0.25) is 0 Å². The molecule has 0 aliphatic carbocycles. The van der Waals surface area contributed by atoms with Crippen LogP contribution in [0.5, 0.6) is 0 Å². The number of aliphatic hydroxyl groups is 1. The first-order valence-corrected chi connectivity index (χ1v) is 8.22. The van der Waals surface area contributed by atoms with Crippen molar-refractivity contribution in [3.63, 3.8) is 0 Å². The summed E-state index contributed by atoms with van der Waals surface area (Å²) in [6.07, 6.45) is -1.36. The maximum atomic E-state index is 12.0. The Morgan fingerprint density at radius 1 is 1.50 bits per heavy atom. The van der Waals surface area contributed by atoms with E-state index in [1.807, 2.05) is 0 Å². The summed E-state index contributed by atoms with van der Waals surface area (Å²) in [5.74, 6) is 2.43. The van der Waals surface area contributed by atoms with Crippen LogP contribution in [-0.4, -0.2) is 49.4 Å². The van der Waals surface area contributed by atoms with E-state index in [1.54, 1.807) is 0 Å². The van der Waals surface area contributed by atoms with Gasteiger partial charge in [-0.1, -0.05) is 5.92 Å². The number of ether oxygens (including phenoxy) is 2. The van der Waals surface area contributed by atoms with Crippen LogP contribution < -0.4 is 11.4 Å². The number of rotatable bonds is 5. The maximum Gasteiger partial charge on any atom is 0.470 e. The predicted octanol–water partition coefficient (Wildman–Crippen LogP) is -1.44. The van der Waals surface area contributed by atoms with Crippen molar-refractivity contribution in [1.29, 1.82) is 0 Å². The van der Waals surface area contributed by atoms with Crippen molar-refractivity contribution in [3.05, 3.63) is 22.7 Å². The highest BCUT2D eigenvalue weighted by Crippen LogP contribution is 2.44. The summed E-state index contributed by atoms with van der Waals surface area (Å²) in [5.41, 5.74) is 4.65. The third-order valence-corrected chi connectivity index (χ3v) is 3.67. The second kappa shape index (κ2) is 7.31. The van der Waals surface area contributed by atoms with Crippen molar-refractivity contribution >= 4 is 13.6 Å². The lowest BCUT2D eigenvalue weighted by molar-refractivity contribution is -0.0547. The van der Waals surface area contributed by atoms with Gasteiger partial charge in [0.1, 0.15) is 24.1 Å². The molecule has 4 atom stereocenters. The van der Waals surface area contributed by atoms with E-state index in [2.05, 4.69) is 21.5 Å². The summed E-state index contributed by atoms with van der Waals surface area (Å²) >= 11 is 0. The lowest BCUT2D eigenvalue weighted by Crippen LogP contribution is -2.38. The van der Waals surface area contributed by atoms with Crippen molar-refractivity contribution in [2.24, 2.45) is 0 Å². The standard InChI is InChI=1S/C12H16N3O8P/c1-2-5-21-10-9(23-24(18,19)20)7(6-16)22-11(10)15-4-3-8(13)14-12(15)17/h3-4,7,9-11,16H,6H2,1H3,(H2,13,14,17)(H2,18,19,20)/t7-,9-,10-,11-/m1/s1. The van der Waals surface area contributed by atoms with E-state index in [9.17, 15) is 14.5 Å². The number of nitrogens with zero attached hydrogens (tertiary/aromatic N) is 2. The molecule has 12 heteroatoms. The minimum atomic E-state index is -4.91. The second-order valence-electron chi connectivity index (χ2n) is 4.79. The Balaban J connectivity index is 2.43. The molecular weight excluding hydrogens is 345 g/mol. The van der Waals surface area contributed by atoms with Gasteiger partial charge in [0, 0.05) is 13.1 Å². The van der Waals surface area contributed by atoms with Gasteiger partial charge in [-0.25, -0.2) is 9.36 Å². The first-order chi connectivity index (χ1) is 11.3. The van der Waals surface area contributed by atoms with Gasteiger partial charge >= 0.3 is 13.5 Å². The smallest absolute Gasteiger partial charge is 0.436 e. The molecule has 24 heavy (non-hydrogen) atoms. The minimum absolute atomic E-state index is 0.0122. The summed E-state index contributed by atoms with van der Waals surface area (Å²) in [7, 11) is -4.91. The van der Waals surface area contributed by atoms with Crippen LogP contribution in [0, 0.1) is 12.0 Å². The fraction of sp³-hybridized carbons (Fsp3) is 0.500. The highest BCUT2D eigenvalue weighted by Gasteiger charge is 2.50. The Hall–Kier alpha value is -1.93. The predicted molar refractivity (Wildman–Crippen MR) is 79.1 cm³/mol. The molecule has 0 aromatic carbocycles. The third-order valence-electron chi connectivity index (χ3n) is 3.15. The van der Waals surface area contributed by atoms with Crippen molar-refractivity contribution in [2.75, 3.05) is 12.3 Å². The zero-order valence-corrected chi connectivity index (χ0v) is 13.4. The van der Waals surface area contributed by atoms with Gasteiger partial charge in [-0.15, -0.1) is 0 Å². The van der Waals surface area contributed by atoms with Gasteiger partial charge in [0.2, 0.25) is 0 Å². The van der Waals surface area contributed by atoms with Crippen LogP contribution in [0.1, 0.15) is 13.2 Å². The van der Waals surface area contributed by atoms with Crippen molar-refractivity contribution < 1.29 is 33.5 Å². The maximum absolute atomic E-state index is 12.0. The molecule has 0 bridgehead atoms. The molecule has 1 aliphatic heterocycles. The summed E-state index contributed by atoms with van der Waals surface area (Å²) in [6.45, 7) is 0.849. The largest absolute Gasteiger partial charge is 0.470 e. The van der Waals surface area contributed by atoms with Gasteiger partial charge in [0.05, 0.1) is 6.61 Å².